The Morgan fingerprint density at radius 2 is 2.06 bits per heavy atom. The number of hydrogen-bond acceptors (Lipinski definition) is 5. The predicted octanol–water partition coefficient (Wildman–Crippen LogP) is -0.512. The minimum absolute atomic E-state index is 0.244. The van der Waals surface area contributed by atoms with E-state index in [1.54, 1.807) is 4.90 Å². The lowest BCUT2D eigenvalue weighted by atomic mass is 10.1. The summed E-state index contributed by atoms with van der Waals surface area (Å²) in [5.41, 5.74) is 5.09. The van der Waals surface area contributed by atoms with Gasteiger partial charge < -0.3 is 20.1 Å². The van der Waals surface area contributed by atoms with Crippen molar-refractivity contribution in [3.8, 4) is 0 Å². The first-order valence-electron chi connectivity index (χ1n) is 6.11. The van der Waals surface area contributed by atoms with E-state index < -0.39 is 5.60 Å². The van der Waals surface area contributed by atoms with Crippen LogP contribution in [0.5, 0.6) is 0 Å². The first kappa shape index (κ1) is 12.6. The highest BCUT2D eigenvalue weighted by atomic mass is 16.6. The molecule has 6 nitrogen and oxygen atoms in total. The minimum atomic E-state index is -0.512. The van der Waals surface area contributed by atoms with E-state index in [1.807, 2.05) is 6.92 Å². The van der Waals surface area contributed by atoms with Crippen LogP contribution in [0.2, 0.25) is 0 Å². The summed E-state index contributed by atoms with van der Waals surface area (Å²) in [6.45, 7) is 7.86. The number of nitrogens with zero attached hydrogens (tertiary/aromatic N) is 2. The molecule has 0 aromatic carbocycles. The molecule has 2 heterocycles. The quantitative estimate of drug-likeness (QED) is 0.720. The van der Waals surface area contributed by atoms with E-state index in [0.717, 1.165) is 32.8 Å². The Hall–Kier alpha value is -0.850. The zero-order valence-electron chi connectivity index (χ0n) is 10.4. The first-order valence-corrected chi connectivity index (χ1v) is 6.11. The molecule has 0 saturated carbocycles. The van der Waals surface area contributed by atoms with Gasteiger partial charge in [0.15, 0.2) is 0 Å². The van der Waals surface area contributed by atoms with Gasteiger partial charge in [0.2, 0.25) is 0 Å². The lowest BCUT2D eigenvalue weighted by molar-refractivity contribution is 0.0353. The Balaban J connectivity index is 1.77. The minimum Gasteiger partial charge on any atom is -0.440 e. The molecule has 17 heavy (non-hydrogen) atoms. The van der Waals surface area contributed by atoms with Crippen molar-refractivity contribution in [3.05, 3.63) is 0 Å². The molecule has 98 valence electrons. The maximum absolute atomic E-state index is 11.6. The molecular weight excluding hydrogens is 222 g/mol. The van der Waals surface area contributed by atoms with Crippen molar-refractivity contribution in [1.82, 2.24) is 9.80 Å². The van der Waals surface area contributed by atoms with E-state index in [0.29, 0.717) is 19.6 Å². The van der Waals surface area contributed by atoms with Crippen LogP contribution in [0.15, 0.2) is 0 Å². The molecule has 0 bridgehead atoms. The Bertz CT molecular complexity index is 281. The summed E-state index contributed by atoms with van der Waals surface area (Å²) >= 11 is 0. The molecule has 2 saturated heterocycles. The van der Waals surface area contributed by atoms with Crippen molar-refractivity contribution >= 4 is 6.09 Å². The fraction of sp³-hybridized carbons (Fsp3) is 0.909. The highest BCUT2D eigenvalue weighted by Gasteiger charge is 2.40. The molecule has 2 fully saturated rings. The van der Waals surface area contributed by atoms with Crippen LogP contribution in [0, 0.1) is 0 Å². The van der Waals surface area contributed by atoms with Gasteiger partial charge in [-0.2, -0.15) is 0 Å². The number of amides is 1. The topological polar surface area (TPSA) is 68.0 Å². The fourth-order valence-corrected chi connectivity index (χ4v) is 2.14. The number of rotatable bonds is 4. The van der Waals surface area contributed by atoms with Gasteiger partial charge in [0.05, 0.1) is 19.8 Å². The average molecular weight is 243 g/mol. The van der Waals surface area contributed by atoms with Crippen molar-refractivity contribution in [3.63, 3.8) is 0 Å². The van der Waals surface area contributed by atoms with Crippen LogP contribution >= 0.6 is 0 Å². The van der Waals surface area contributed by atoms with E-state index in [1.165, 1.54) is 0 Å². The van der Waals surface area contributed by atoms with Gasteiger partial charge in [0.1, 0.15) is 5.60 Å². The molecular formula is C11H21N3O3. The highest BCUT2D eigenvalue weighted by molar-refractivity contribution is 5.70. The maximum atomic E-state index is 11.6. The van der Waals surface area contributed by atoms with Gasteiger partial charge in [-0.15, -0.1) is 0 Å². The lowest BCUT2D eigenvalue weighted by Crippen LogP contribution is -2.43. The second-order valence-corrected chi connectivity index (χ2v) is 4.90. The Kier molecular flexibility index (Phi) is 3.86. The van der Waals surface area contributed by atoms with Crippen molar-refractivity contribution in [2.24, 2.45) is 5.73 Å². The van der Waals surface area contributed by atoms with Crippen LogP contribution in [0.25, 0.3) is 0 Å². The second kappa shape index (κ2) is 5.20. The van der Waals surface area contributed by atoms with Gasteiger partial charge in [-0.1, -0.05) is 0 Å². The van der Waals surface area contributed by atoms with Crippen LogP contribution in [0.3, 0.4) is 0 Å². The van der Waals surface area contributed by atoms with Crippen molar-refractivity contribution < 1.29 is 14.3 Å². The standard InChI is InChI=1S/C11H21N3O3/c1-11(8-12)9-14(10(15)17-11)3-2-13-4-6-16-7-5-13/h2-9,12H2,1H3. The third-order valence-corrected chi connectivity index (χ3v) is 3.34. The highest BCUT2D eigenvalue weighted by Crippen LogP contribution is 2.20. The number of cyclic esters (lactones) is 1. The lowest BCUT2D eigenvalue weighted by Gasteiger charge is -2.28. The fourth-order valence-electron chi connectivity index (χ4n) is 2.14. The Morgan fingerprint density at radius 1 is 1.35 bits per heavy atom. The molecule has 0 aromatic heterocycles. The molecule has 0 aliphatic carbocycles. The van der Waals surface area contributed by atoms with Crippen LogP contribution in [0.1, 0.15) is 6.92 Å². The molecule has 1 amide bonds. The van der Waals surface area contributed by atoms with E-state index >= 15 is 0 Å². The summed E-state index contributed by atoms with van der Waals surface area (Å²) in [6, 6.07) is 0. The smallest absolute Gasteiger partial charge is 0.410 e. The van der Waals surface area contributed by atoms with Gasteiger partial charge in [-0.25, -0.2) is 4.79 Å². The van der Waals surface area contributed by atoms with Gasteiger partial charge in [0, 0.05) is 32.7 Å². The van der Waals surface area contributed by atoms with E-state index in [4.69, 9.17) is 15.2 Å². The molecule has 0 radical (unpaired) electrons. The molecule has 2 rings (SSSR count). The zero-order valence-corrected chi connectivity index (χ0v) is 10.4. The van der Waals surface area contributed by atoms with Crippen LogP contribution < -0.4 is 5.73 Å². The van der Waals surface area contributed by atoms with Crippen LogP contribution in [-0.4, -0.2) is 74.0 Å². The SMILES string of the molecule is CC1(CN)CN(CCN2CCOCC2)C(=O)O1. The number of nitrogens with two attached hydrogens (primary N) is 1. The molecule has 2 aliphatic rings. The van der Waals surface area contributed by atoms with E-state index in [-0.39, 0.29) is 6.09 Å². The number of morpholine rings is 1. The molecule has 2 aliphatic heterocycles. The zero-order chi connectivity index (χ0) is 12.3. The largest absolute Gasteiger partial charge is 0.440 e. The summed E-state index contributed by atoms with van der Waals surface area (Å²) in [4.78, 5) is 15.7. The summed E-state index contributed by atoms with van der Waals surface area (Å²) < 4.78 is 10.5. The maximum Gasteiger partial charge on any atom is 0.410 e. The monoisotopic (exact) mass is 243 g/mol. The first-order chi connectivity index (χ1) is 8.13. The number of carbonyl (C=O) groups excluding carboxylic acids is 1. The van der Waals surface area contributed by atoms with Gasteiger partial charge in [-0.3, -0.25) is 4.90 Å². The molecule has 1 atom stereocenters. The molecule has 0 aromatic rings. The number of hydrogen-bond donors (Lipinski definition) is 1. The summed E-state index contributed by atoms with van der Waals surface area (Å²) in [7, 11) is 0. The van der Waals surface area contributed by atoms with Crippen molar-refractivity contribution in [1.29, 1.82) is 0 Å². The summed E-state index contributed by atoms with van der Waals surface area (Å²) in [5.74, 6) is 0. The molecule has 0 spiro atoms. The molecule has 2 N–H and O–H groups in total. The number of carbonyl (C=O) groups is 1. The van der Waals surface area contributed by atoms with Gasteiger partial charge in [0.25, 0.3) is 0 Å². The van der Waals surface area contributed by atoms with Gasteiger partial charge >= 0.3 is 6.09 Å². The van der Waals surface area contributed by atoms with Crippen LogP contribution in [-0.2, 0) is 9.47 Å². The van der Waals surface area contributed by atoms with Crippen molar-refractivity contribution in [2.45, 2.75) is 12.5 Å². The average Bonchev–Trinajstić information content (AvgIpc) is 2.64. The summed E-state index contributed by atoms with van der Waals surface area (Å²) in [6.07, 6.45) is -0.244. The third-order valence-electron chi connectivity index (χ3n) is 3.34. The Morgan fingerprint density at radius 3 is 2.65 bits per heavy atom. The number of ether oxygens (including phenoxy) is 2. The molecule has 1 unspecified atom stereocenters. The third kappa shape index (κ3) is 3.08. The summed E-state index contributed by atoms with van der Waals surface area (Å²) in [5, 5.41) is 0. The Labute approximate surface area is 102 Å². The second-order valence-electron chi connectivity index (χ2n) is 4.90. The van der Waals surface area contributed by atoms with Crippen molar-refractivity contribution in [2.75, 3.05) is 52.5 Å². The van der Waals surface area contributed by atoms with Crippen LogP contribution in [0.4, 0.5) is 4.79 Å². The molecule has 6 heteroatoms. The van der Waals surface area contributed by atoms with Gasteiger partial charge in [-0.05, 0) is 6.92 Å². The van der Waals surface area contributed by atoms with E-state index in [2.05, 4.69) is 4.90 Å². The van der Waals surface area contributed by atoms with E-state index in [9.17, 15) is 4.79 Å². The normalized spacial score (nSPS) is 30.7. The predicted molar refractivity (Wildman–Crippen MR) is 62.8 cm³/mol.